The van der Waals surface area contributed by atoms with Gasteiger partial charge in [0.25, 0.3) is 0 Å². The van der Waals surface area contributed by atoms with E-state index in [9.17, 15) is 0 Å². The Kier molecular flexibility index (Phi) is 7.93. The molecular weight excluding hydrogens is 819 g/mol. The molecule has 1 nitrogen and oxygen atoms in total. The van der Waals surface area contributed by atoms with Crippen LogP contribution in [0.25, 0.3) is 87.6 Å². The lowest BCUT2D eigenvalue weighted by Crippen LogP contribution is -2.16. The minimum atomic E-state index is -0.113. The predicted molar refractivity (Wildman–Crippen MR) is 289 cm³/mol. The molecule has 0 saturated heterocycles. The molecule has 0 saturated carbocycles. The average molecular weight is 870 g/mol. The summed E-state index contributed by atoms with van der Waals surface area (Å²) >= 11 is 0. The van der Waals surface area contributed by atoms with Gasteiger partial charge in [-0.2, -0.15) is 0 Å². The van der Waals surface area contributed by atoms with Gasteiger partial charge >= 0.3 is 0 Å². The Morgan fingerprint density at radius 1 is 0.265 bits per heavy atom. The zero-order chi connectivity index (χ0) is 45.8. The summed E-state index contributed by atoms with van der Waals surface area (Å²) in [5.41, 5.74) is 22.1. The molecule has 0 radical (unpaired) electrons. The number of anilines is 3. The van der Waals surface area contributed by atoms with Gasteiger partial charge in [-0.1, -0.05) is 187 Å². The van der Waals surface area contributed by atoms with Crippen LogP contribution in [0.3, 0.4) is 0 Å². The van der Waals surface area contributed by atoms with E-state index in [0.29, 0.717) is 0 Å². The van der Waals surface area contributed by atoms with Crippen LogP contribution in [0.4, 0.5) is 17.1 Å². The maximum Gasteiger partial charge on any atom is 0.0468 e. The number of benzene rings is 11. The minimum absolute atomic E-state index is 0.0604. The number of nitrogens with zero attached hydrogens (tertiary/aromatic N) is 1. The van der Waals surface area contributed by atoms with Gasteiger partial charge in [-0.25, -0.2) is 0 Å². The van der Waals surface area contributed by atoms with Crippen LogP contribution in [-0.2, 0) is 16.2 Å². The number of hydrogen-bond donors (Lipinski definition) is 0. The first kappa shape index (κ1) is 39.4. The summed E-state index contributed by atoms with van der Waals surface area (Å²) in [5.74, 6) is 0. The zero-order valence-electron chi connectivity index (χ0n) is 39.5. The summed E-state index contributed by atoms with van der Waals surface area (Å²) in [6.45, 7) is 14.2. The number of fused-ring (bicyclic) bond motifs is 17. The molecule has 3 aliphatic carbocycles. The van der Waals surface area contributed by atoms with Crippen molar-refractivity contribution in [1.29, 1.82) is 0 Å². The Balaban J connectivity index is 0.911. The smallest absolute Gasteiger partial charge is 0.0468 e. The first-order valence-electron chi connectivity index (χ1n) is 24.3. The molecule has 0 unspecified atom stereocenters. The molecule has 1 heteroatoms. The fourth-order valence-corrected chi connectivity index (χ4v) is 13.1. The van der Waals surface area contributed by atoms with Gasteiger partial charge in [-0.3, -0.25) is 0 Å². The van der Waals surface area contributed by atoms with E-state index in [1.54, 1.807) is 0 Å². The van der Waals surface area contributed by atoms with Crippen LogP contribution < -0.4 is 4.90 Å². The lowest BCUT2D eigenvalue weighted by Gasteiger charge is -2.28. The second kappa shape index (κ2) is 13.7. The molecule has 14 rings (SSSR count). The van der Waals surface area contributed by atoms with Crippen LogP contribution in [0, 0.1) is 0 Å². The molecule has 0 spiro atoms. The Morgan fingerprint density at radius 3 is 1.35 bits per heavy atom. The molecule has 0 atom stereocenters. The standard InChI is InChI=1S/C67H51N/c1-65(2)58-21-13-11-19-50(58)55-36-44(29-33-60(55)65)68(45-30-34-61-56(37-45)51-20-12-14-22-59(51)66(61,3)4)43-27-23-40(24-28-43)42-25-31-49-52(35-42)47-17-9-10-18-48(47)53-38-57-63(39-54(49)53)67(5,6)62-32-26-41-15-7-8-16-46(41)64(57)62/h7-39H,1-6H3. The third-order valence-electron chi connectivity index (χ3n) is 16.6. The summed E-state index contributed by atoms with van der Waals surface area (Å²) < 4.78 is 0. The third-order valence-corrected chi connectivity index (χ3v) is 16.6. The first-order valence-corrected chi connectivity index (χ1v) is 24.3. The van der Waals surface area contributed by atoms with Crippen LogP contribution in [0.1, 0.15) is 74.9 Å². The number of hydrogen-bond acceptors (Lipinski definition) is 1. The Labute approximate surface area is 399 Å². The Bertz CT molecular complexity index is 3880. The maximum absolute atomic E-state index is 2.52. The van der Waals surface area contributed by atoms with Crippen molar-refractivity contribution in [2.24, 2.45) is 0 Å². The van der Waals surface area contributed by atoms with Crippen molar-refractivity contribution in [1.82, 2.24) is 0 Å². The third kappa shape index (κ3) is 5.28. The molecule has 0 heterocycles. The highest BCUT2D eigenvalue weighted by Gasteiger charge is 2.39. The molecule has 0 aromatic heterocycles. The Hall–Kier alpha value is -7.74. The average Bonchev–Trinajstić information content (AvgIpc) is 3.85. The van der Waals surface area contributed by atoms with E-state index in [0.717, 1.165) is 17.1 Å². The molecule has 0 aliphatic heterocycles. The fourth-order valence-electron chi connectivity index (χ4n) is 13.1. The molecule has 11 aromatic carbocycles. The van der Waals surface area contributed by atoms with E-state index in [1.165, 1.54) is 121 Å². The normalized spacial score (nSPS) is 15.3. The zero-order valence-corrected chi connectivity index (χ0v) is 39.5. The van der Waals surface area contributed by atoms with Gasteiger partial charge in [0.1, 0.15) is 0 Å². The van der Waals surface area contributed by atoms with Crippen molar-refractivity contribution in [3.8, 4) is 44.5 Å². The lowest BCUT2D eigenvalue weighted by atomic mass is 9.81. The highest BCUT2D eigenvalue weighted by atomic mass is 15.1. The van der Waals surface area contributed by atoms with E-state index in [-0.39, 0.29) is 16.2 Å². The Morgan fingerprint density at radius 2 is 0.721 bits per heavy atom. The monoisotopic (exact) mass is 869 g/mol. The van der Waals surface area contributed by atoms with Crippen LogP contribution in [0.15, 0.2) is 200 Å². The highest BCUT2D eigenvalue weighted by Crippen LogP contribution is 2.55. The van der Waals surface area contributed by atoms with Gasteiger partial charge < -0.3 is 4.90 Å². The first-order chi connectivity index (χ1) is 33.0. The van der Waals surface area contributed by atoms with Crippen LogP contribution in [0.2, 0.25) is 0 Å². The predicted octanol–water partition coefficient (Wildman–Crippen LogP) is 18.4. The molecule has 11 aromatic rings. The second-order valence-corrected chi connectivity index (χ2v) is 21.3. The van der Waals surface area contributed by atoms with Crippen molar-refractivity contribution in [2.45, 2.75) is 57.8 Å². The molecule has 0 bridgehead atoms. The van der Waals surface area contributed by atoms with E-state index in [2.05, 4.69) is 247 Å². The minimum Gasteiger partial charge on any atom is -0.310 e. The van der Waals surface area contributed by atoms with Gasteiger partial charge in [-0.15, -0.1) is 0 Å². The van der Waals surface area contributed by atoms with Gasteiger partial charge in [0.2, 0.25) is 0 Å². The SMILES string of the molecule is CC1(C)c2ccccc2-c2cc(N(c3ccc(-c4ccc5c(c4)c4ccccc4c4cc6c(cc54)C(C)(C)c4ccc5ccccc5c4-6)cc3)c3ccc4c(c3)-c3ccccc3C4(C)C)ccc21. The molecule has 68 heavy (non-hydrogen) atoms. The van der Waals surface area contributed by atoms with Crippen molar-refractivity contribution in [3.05, 3.63) is 234 Å². The quantitative estimate of drug-likeness (QED) is 0.159. The molecule has 0 N–H and O–H groups in total. The van der Waals surface area contributed by atoms with E-state index < -0.39 is 0 Å². The number of rotatable bonds is 4. The molecule has 0 fully saturated rings. The van der Waals surface area contributed by atoms with Crippen molar-refractivity contribution < 1.29 is 0 Å². The second-order valence-electron chi connectivity index (χ2n) is 21.3. The van der Waals surface area contributed by atoms with Crippen molar-refractivity contribution in [3.63, 3.8) is 0 Å². The highest BCUT2D eigenvalue weighted by molar-refractivity contribution is 6.27. The van der Waals surface area contributed by atoms with Gasteiger partial charge in [0, 0.05) is 33.3 Å². The lowest BCUT2D eigenvalue weighted by molar-refractivity contribution is 0.660. The van der Waals surface area contributed by atoms with Crippen molar-refractivity contribution >= 4 is 60.2 Å². The van der Waals surface area contributed by atoms with E-state index in [4.69, 9.17) is 0 Å². The summed E-state index contributed by atoms with van der Waals surface area (Å²) in [6.07, 6.45) is 0. The van der Waals surface area contributed by atoms with E-state index >= 15 is 0 Å². The topological polar surface area (TPSA) is 3.24 Å². The largest absolute Gasteiger partial charge is 0.310 e. The van der Waals surface area contributed by atoms with Crippen LogP contribution >= 0.6 is 0 Å². The summed E-state index contributed by atoms with van der Waals surface area (Å²) in [7, 11) is 0. The van der Waals surface area contributed by atoms with Crippen molar-refractivity contribution in [2.75, 3.05) is 4.90 Å². The van der Waals surface area contributed by atoms with Gasteiger partial charge in [0.15, 0.2) is 0 Å². The van der Waals surface area contributed by atoms with E-state index in [1.807, 2.05) is 0 Å². The molecular formula is C67H51N. The summed E-state index contributed by atoms with van der Waals surface area (Å²) in [4.78, 5) is 2.47. The maximum atomic E-state index is 2.52. The summed E-state index contributed by atoms with van der Waals surface area (Å²) in [6, 6.07) is 76.2. The molecule has 0 amide bonds. The molecule has 3 aliphatic rings. The summed E-state index contributed by atoms with van der Waals surface area (Å²) in [5, 5.41) is 10.4. The fraction of sp³-hybridized carbons (Fsp3) is 0.134. The van der Waals surface area contributed by atoms with Crippen LogP contribution in [-0.4, -0.2) is 0 Å². The molecule has 324 valence electrons. The van der Waals surface area contributed by atoms with Crippen LogP contribution in [0.5, 0.6) is 0 Å². The van der Waals surface area contributed by atoms with Gasteiger partial charge in [-0.05, 0) is 176 Å². The van der Waals surface area contributed by atoms with Gasteiger partial charge in [0.05, 0.1) is 0 Å².